The molecule has 0 amide bonds. The van der Waals surface area contributed by atoms with Crippen LogP contribution in [0.3, 0.4) is 0 Å². The molecule has 0 spiro atoms. The second-order valence-electron chi connectivity index (χ2n) is 6.80. The van der Waals surface area contributed by atoms with E-state index in [-0.39, 0.29) is 11.5 Å². The van der Waals surface area contributed by atoms with Gasteiger partial charge in [-0.15, -0.1) is 0 Å². The summed E-state index contributed by atoms with van der Waals surface area (Å²) in [6.45, 7) is 9.87. The van der Waals surface area contributed by atoms with E-state index in [4.69, 9.17) is 4.74 Å². The van der Waals surface area contributed by atoms with Crippen LogP contribution in [0.5, 0.6) is 0 Å². The molecule has 0 saturated carbocycles. The third-order valence-electron chi connectivity index (χ3n) is 4.31. The van der Waals surface area contributed by atoms with Gasteiger partial charge in [0, 0.05) is 31.0 Å². The van der Waals surface area contributed by atoms with Crippen molar-refractivity contribution in [1.82, 2.24) is 10.3 Å². The summed E-state index contributed by atoms with van der Waals surface area (Å²) < 4.78 is 5.87. The Hall–Kier alpha value is -0.930. The molecule has 1 aromatic rings. The minimum absolute atomic E-state index is 0.110. The molecule has 1 N–H and O–H groups in total. The molecule has 0 saturated heterocycles. The van der Waals surface area contributed by atoms with E-state index in [1.807, 2.05) is 19.4 Å². The smallest absolute Gasteiger partial charge is 0.0778 e. The van der Waals surface area contributed by atoms with E-state index in [2.05, 4.69) is 44.1 Å². The zero-order chi connectivity index (χ0) is 14.8. The number of nitrogens with zero attached hydrogens (tertiary/aromatic N) is 1. The first kappa shape index (κ1) is 15.5. The molecule has 3 atom stereocenters. The van der Waals surface area contributed by atoms with E-state index in [1.54, 1.807) is 0 Å². The van der Waals surface area contributed by atoms with Crippen molar-refractivity contribution in [3.8, 4) is 0 Å². The van der Waals surface area contributed by atoms with Crippen molar-refractivity contribution in [2.45, 2.75) is 58.6 Å². The van der Waals surface area contributed by atoms with Crippen molar-refractivity contribution >= 4 is 0 Å². The van der Waals surface area contributed by atoms with E-state index >= 15 is 0 Å². The largest absolute Gasteiger partial charge is 0.379 e. The van der Waals surface area contributed by atoms with E-state index < -0.39 is 0 Å². The van der Waals surface area contributed by atoms with Crippen LogP contribution >= 0.6 is 0 Å². The van der Waals surface area contributed by atoms with Gasteiger partial charge in [-0.3, -0.25) is 4.98 Å². The summed E-state index contributed by atoms with van der Waals surface area (Å²) in [6.07, 6.45) is 4.40. The molecule has 0 aliphatic heterocycles. The highest BCUT2D eigenvalue weighted by atomic mass is 16.5. The van der Waals surface area contributed by atoms with Gasteiger partial charge in [0.15, 0.2) is 0 Å². The Kier molecular flexibility index (Phi) is 4.82. The van der Waals surface area contributed by atoms with Gasteiger partial charge in [0.2, 0.25) is 0 Å². The fourth-order valence-corrected chi connectivity index (χ4v) is 3.53. The van der Waals surface area contributed by atoms with Crippen LogP contribution in [0.2, 0.25) is 0 Å². The lowest BCUT2D eigenvalue weighted by atomic mass is 9.78. The Morgan fingerprint density at radius 2 is 2.20 bits per heavy atom. The molecule has 1 aliphatic rings. The van der Waals surface area contributed by atoms with Gasteiger partial charge in [-0.1, -0.05) is 33.8 Å². The maximum Gasteiger partial charge on any atom is 0.0778 e. The van der Waals surface area contributed by atoms with Crippen molar-refractivity contribution in [1.29, 1.82) is 0 Å². The summed E-state index contributed by atoms with van der Waals surface area (Å²) in [7, 11) is 1.83. The van der Waals surface area contributed by atoms with E-state index in [0.29, 0.717) is 12.0 Å². The Morgan fingerprint density at radius 1 is 1.45 bits per heavy atom. The third kappa shape index (κ3) is 3.04. The fraction of sp³-hybridized carbons (Fsp3) is 0.706. The average molecular weight is 276 g/mol. The summed E-state index contributed by atoms with van der Waals surface area (Å²) in [6, 6.07) is 4.58. The van der Waals surface area contributed by atoms with Crippen LogP contribution in [0.1, 0.15) is 51.3 Å². The summed E-state index contributed by atoms with van der Waals surface area (Å²) in [4.78, 5) is 4.65. The zero-order valence-corrected chi connectivity index (χ0v) is 13.4. The van der Waals surface area contributed by atoms with Gasteiger partial charge in [0.25, 0.3) is 0 Å². The van der Waals surface area contributed by atoms with E-state index in [9.17, 15) is 0 Å². The number of likely N-dealkylation sites (N-methyl/N-ethyl adjacent to an activating group) is 1. The van der Waals surface area contributed by atoms with Crippen molar-refractivity contribution in [2.75, 3.05) is 13.7 Å². The van der Waals surface area contributed by atoms with Crippen LogP contribution in [0.15, 0.2) is 18.3 Å². The number of methoxy groups -OCH3 is 1. The lowest BCUT2D eigenvalue weighted by Gasteiger charge is -2.39. The molecule has 0 fully saturated rings. The molecule has 112 valence electrons. The van der Waals surface area contributed by atoms with Crippen molar-refractivity contribution in [3.63, 3.8) is 0 Å². The number of hydrogen-bond donors (Lipinski definition) is 1. The molecule has 0 radical (unpaired) electrons. The number of rotatable bonds is 5. The fourth-order valence-electron chi connectivity index (χ4n) is 3.53. The first-order valence-corrected chi connectivity index (χ1v) is 7.69. The lowest BCUT2D eigenvalue weighted by molar-refractivity contribution is -0.0178. The molecule has 3 unspecified atom stereocenters. The number of pyridine rings is 1. The number of ether oxygens (including phenoxy) is 1. The first-order chi connectivity index (χ1) is 9.49. The van der Waals surface area contributed by atoms with Gasteiger partial charge >= 0.3 is 0 Å². The maximum absolute atomic E-state index is 5.87. The number of nitrogens with one attached hydrogen (secondary N) is 1. The highest BCUT2D eigenvalue weighted by Gasteiger charge is 2.40. The van der Waals surface area contributed by atoms with Gasteiger partial charge in [-0.25, -0.2) is 0 Å². The number of aromatic nitrogens is 1. The summed E-state index contributed by atoms with van der Waals surface area (Å²) in [5, 5.41) is 3.66. The Balaban J connectivity index is 2.30. The van der Waals surface area contributed by atoms with Crippen LogP contribution < -0.4 is 5.32 Å². The van der Waals surface area contributed by atoms with Crippen molar-refractivity contribution in [3.05, 3.63) is 29.6 Å². The second kappa shape index (κ2) is 6.23. The molecule has 3 nitrogen and oxygen atoms in total. The molecule has 3 heteroatoms. The minimum atomic E-state index is 0.110. The molecular weight excluding hydrogens is 248 g/mol. The SMILES string of the molecule is CCNC(C1CCc2cccnc21)C(OC)C(C)(C)C. The van der Waals surface area contributed by atoms with E-state index in [0.717, 1.165) is 13.0 Å². The number of aryl methyl sites for hydroxylation is 1. The topological polar surface area (TPSA) is 34.2 Å². The third-order valence-corrected chi connectivity index (χ3v) is 4.31. The molecule has 0 bridgehead atoms. The number of hydrogen-bond acceptors (Lipinski definition) is 3. The highest BCUT2D eigenvalue weighted by Crippen LogP contribution is 2.38. The predicted molar refractivity (Wildman–Crippen MR) is 83.0 cm³/mol. The first-order valence-electron chi connectivity index (χ1n) is 7.69. The molecule has 0 aromatic carbocycles. The predicted octanol–water partition coefficient (Wildman–Crippen LogP) is 3.15. The normalized spacial score (nSPS) is 21.6. The number of fused-ring (bicyclic) bond motifs is 1. The monoisotopic (exact) mass is 276 g/mol. The standard InChI is InChI=1S/C17H28N2O/c1-6-18-15(16(20-5)17(2,3)4)13-10-9-12-8-7-11-19-14(12)13/h7-8,11,13,15-16,18H,6,9-10H2,1-5H3. The summed E-state index contributed by atoms with van der Waals surface area (Å²) in [5.74, 6) is 0.454. The Labute approximate surface area is 123 Å². The van der Waals surface area contributed by atoms with Gasteiger partial charge < -0.3 is 10.1 Å². The van der Waals surface area contributed by atoms with Gasteiger partial charge in [0.05, 0.1) is 6.10 Å². The second-order valence-corrected chi connectivity index (χ2v) is 6.80. The molecule has 1 aliphatic carbocycles. The molecular formula is C17H28N2O. The van der Waals surface area contributed by atoms with Crippen LogP contribution in [0.25, 0.3) is 0 Å². The van der Waals surface area contributed by atoms with Crippen molar-refractivity contribution < 1.29 is 4.74 Å². The molecule has 20 heavy (non-hydrogen) atoms. The van der Waals surface area contributed by atoms with Crippen LogP contribution in [0, 0.1) is 5.41 Å². The van der Waals surface area contributed by atoms with Crippen LogP contribution in [0.4, 0.5) is 0 Å². The summed E-state index contributed by atoms with van der Waals surface area (Å²) in [5.41, 5.74) is 2.79. The van der Waals surface area contributed by atoms with E-state index in [1.165, 1.54) is 17.7 Å². The molecule has 2 rings (SSSR count). The maximum atomic E-state index is 5.87. The Bertz CT molecular complexity index is 439. The van der Waals surface area contributed by atoms with Crippen LogP contribution in [-0.4, -0.2) is 30.8 Å². The van der Waals surface area contributed by atoms with Crippen molar-refractivity contribution in [2.24, 2.45) is 5.41 Å². The quantitative estimate of drug-likeness (QED) is 0.897. The lowest BCUT2D eigenvalue weighted by Crippen LogP contribution is -2.50. The van der Waals surface area contributed by atoms with Gasteiger partial charge in [-0.05, 0) is 36.4 Å². The zero-order valence-electron chi connectivity index (χ0n) is 13.4. The average Bonchev–Trinajstić information content (AvgIpc) is 2.80. The molecule has 1 heterocycles. The highest BCUT2D eigenvalue weighted by molar-refractivity contribution is 5.30. The summed E-state index contributed by atoms with van der Waals surface area (Å²) >= 11 is 0. The van der Waals surface area contributed by atoms with Gasteiger partial charge in [0.1, 0.15) is 0 Å². The minimum Gasteiger partial charge on any atom is -0.379 e. The van der Waals surface area contributed by atoms with Crippen LogP contribution in [-0.2, 0) is 11.2 Å². The Morgan fingerprint density at radius 3 is 2.80 bits per heavy atom. The van der Waals surface area contributed by atoms with Gasteiger partial charge in [-0.2, -0.15) is 0 Å². The molecule has 1 aromatic heterocycles.